The van der Waals surface area contributed by atoms with E-state index in [2.05, 4.69) is 21.1 Å². The Morgan fingerprint density at radius 3 is 3.09 bits per heavy atom. The molecule has 0 fully saturated rings. The van der Waals surface area contributed by atoms with Gasteiger partial charge in [0.05, 0.1) is 10.7 Å². The average Bonchev–Trinajstić information content (AvgIpc) is 2.34. The van der Waals surface area contributed by atoms with Gasteiger partial charge in [0.1, 0.15) is 0 Å². The normalized spacial score (nSPS) is 10.7. The van der Waals surface area contributed by atoms with E-state index in [9.17, 15) is 0 Å². The Bertz CT molecular complexity index is 398. The molecule has 11 heavy (non-hydrogen) atoms. The van der Waals surface area contributed by atoms with E-state index in [1.54, 1.807) is 18.3 Å². The zero-order valence-electron chi connectivity index (χ0n) is 5.34. The minimum absolute atomic E-state index is 0.674. The Kier molecular flexibility index (Phi) is 1.62. The molecule has 56 valence electrons. The summed E-state index contributed by atoms with van der Waals surface area (Å²) in [4.78, 5) is 0. The zero-order valence-corrected chi connectivity index (χ0v) is 7.69. The molecule has 0 spiro atoms. The second-order valence-electron chi connectivity index (χ2n) is 2.13. The van der Waals surface area contributed by atoms with Gasteiger partial charge in [0.25, 0.3) is 0 Å². The number of fused-ring (bicyclic) bond motifs is 1. The number of nitrogens with zero attached hydrogens (tertiary/aromatic N) is 1. The van der Waals surface area contributed by atoms with Gasteiger partial charge in [-0.3, -0.25) is 0 Å². The molecule has 0 aliphatic rings. The standard InChI is InChI=1S/C7H3BrClNO/c8-6-2-5(9)1-4-3-10-11-7(4)6/h1-3H. The molecule has 0 saturated heterocycles. The van der Waals surface area contributed by atoms with Crippen molar-refractivity contribution in [2.75, 3.05) is 0 Å². The third-order valence-electron chi connectivity index (χ3n) is 1.37. The number of hydrogen-bond donors (Lipinski definition) is 0. The lowest BCUT2D eigenvalue weighted by Gasteiger charge is -1.91. The number of benzene rings is 1. The van der Waals surface area contributed by atoms with E-state index in [4.69, 9.17) is 16.1 Å². The van der Waals surface area contributed by atoms with E-state index in [1.165, 1.54) is 0 Å². The first kappa shape index (κ1) is 7.13. The Morgan fingerprint density at radius 1 is 1.45 bits per heavy atom. The SMILES string of the molecule is Clc1cc(Br)c2oncc2c1. The molecule has 0 N–H and O–H groups in total. The van der Waals surface area contributed by atoms with Crippen LogP contribution in [0.25, 0.3) is 11.0 Å². The molecule has 2 aromatic rings. The predicted octanol–water partition coefficient (Wildman–Crippen LogP) is 3.24. The summed E-state index contributed by atoms with van der Waals surface area (Å²) in [5.41, 5.74) is 0.731. The summed E-state index contributed by atoms with van der Waals surface area (Å²) in [5, 5.41) is 5.22. The van der Waals surface area contributed by atoms with E-state index in [0.29, 0.717) is 5.02 Å². The van der Waals surface area contributed by atoms with E-state index < -0.39 is 0 Å². The van der Waals surface area contributed by atoms with Gasteiger partial charge in [0, 0.05) is 10.4 Å². The van der Waals surface area contributed by atoms with Crippen LogP contribution in [0.15, 0.2) is 27.3 Å². The molecule has 0 atom stereocenters. The highest BCUT2D eigenvalue weighted by molar-refractivity contribution is 9.10. The first-order valence-electron chi connectivity index (χ1n) is 2.97. The summed E-state index contributed by atoms with van der Waals surface area (Å²) in [5.74, 6) is 0. The van der Waals surface area contributed by atoms with Crippen molar-refractivity contribution in [1.82, 2.24) is 5.16 Å². The molecule has 1 heterocycles. The smallest absolute Gasteiger partial charge is 0.181 e. The van der Waals surface area contributed by atoms with Crippen LogP contribution in [0, 0.1) is 0 Å². The lowest BCUT2D eigenvalue weighted by Crippen LogP contribution is -1.67. The molecule has 1 aromatic heterocycles. The van der Waals surface area contributed by atoms with Gasteiger partial charge in [-0.25, -0.2) is 0 Å². The number of rotatable bonds is 0. The molecular formula is C7H3BrClNO. The van der Waals surface area contributed by atoms with Crippen molar-refractivity contribution in [1.29, 1.82) is 0 Å². The van der Waals surface area contributed by atoms with Crippen molar-refractivity contribution in [3.63, 3.8) is 0 Å². The van der Waals surface area contributed by atoms with Crippen LogP contribution in [0.2, 0.25) is 5.02 Å². The fraction of sp³-hybridized carbons (Fsp3) is 0. The average molecular weight is 232 g/mol. The zero-order chi connectivity index (χ0) is 7.84. The van der Waals surface area contributed by atoms with Crippen LogP contribution >= 0.6 is 27.5 Å². The molecular weight excluding hydrogens is 229 g/mol. The molecule has 1 aromatic carbocycles. The van der Waals surface area contributed by atoms with Crippen molar-refractivity contribution in [3.8, 4) is 0 Å². The minimum Gasteiger partial charge on any atom is -0.355 e. The predicted molar refractivity (Wildman–Crippen MR) is 46.7 cm³/mol. The first-order valence-corrected chi connectivity index (χ1v) is 4.14. The Labute approximate surface area is 76.2 Å². The van der Waals surface area contributed by atoms with Gasteiger partial charge in [0.15, 0.2) is 5.58 Å². The maximum atomic E-state index is 5.78. The maximum absolute atomic E-state index is 5.78. The van der Waals surface area contributed by atoms with Crippen molar-refractivity contribution in [3.05, 3.63) is 27.8 Å². The van der Waals surface area contributed by atoms with Crippen LogP contribution in [-0.2, 0) is 0 Å². The van der Waals surface area contributed by atoms with Gasteiger partial charge in [-0.2, -0.15) is 0 Å². The van der Waals surface area contributed by atoms with E-state index in [0.717, 1.165) is 15.4 Å². The van der Waals surface area contributed by atoms with Crippen LogP contribution in [0.5, 0.6) is 0 Å². The van der Waals surface area contributed by atoms with Crippen LogP contribution in [0.3, 0.4) is 0 Å². The van der Waals surface area contributed by atoms with Gasteiger partial charge in [0.2, 0.25) is 0 Å². The highest BCUT2D eigenvalue weighted by atomic mass is 79.9. The summed E-state index contributed by atoms with van der Waals surface area (Å²) < 4.78 is 5.78. The molecule has 0 saturated carbocycles. The van der Waals surface area contributed by atoms with Gasteiger partial charge in [-0.05, 0) is 28.1 Å². The second-order valence-corrected chi connectivity index (χ2v) is 3.42. The molecule has 0 aliphatic heterocycles. The summed E-state index contributed by atoms with van der Waals surface area (Å²) in [6.45, 7) is 0. The van der Waals surface area contributed by atoms with E-state index in [-0.39, 0.29) is 0 Å². The molecule has 2 nitrogen and oxygen atoms in total. The van der Waals surface area contributed by atoms with Gasteiger partial charge in [-0.1, -0.05) is 16.8 Å². The van der Waals surface area contributed by atoms with Crippen LogP contribution in [-0.4, -0.2) is 5.16 Å². The number of halogens is 2. The molecule has 4 heteroatoms. The van der Waals surface area contributed by atoms with E-state index in [1.807, 2.05) is 0 Å². The summed E-state index contributed by atoms with van der Waals surface area (Å²) in [7, 11) is 0. The highest BCUT2D eigenvalue weighted by Crippen LogP contribution is 2.27. The van der Waals surface area contributed by atoms with Gasteiger partial charge < -0.3 is 4.52 Å². The first-order chi connectivity index (χ1) is 5.27. The quantitative estimate of drug-likeness (QED) is 0.697. The van der Waals surface area contributed by atoms with Crippen molar-refractivity contribution < 1.29 is 4.52 Å². The molecule has 0 amide bonds. The largest absolute Gasteiger partial charge is 0.355 e. The van der Waals surface area contributed by atoms with Crippen molar-refractivity contribution >= 4 is 38.5 Å². The highest BCUT2D eigenvalue weighted by Gasteiger charge is 2.03. The van der Waals surface area contributed by atoms with Crippen LogP contribution in [0.1, 0.15) is 0 Å². The Morgan fingerprint density at radius 2 is 2.27 bits per heavy atom. The molecule has 2 rings (SSSR count). The third-order valence-corrected chi connectivity index (χ3v) is 2.18. The van der Waals surface area contributed by atoms with Crippen LogP contribution in [0.4, 0.5) is 0 Å². The minimum atomic E-state index is 0.674. The summed E-state index contributed by atoms with van der Waals surface area (Å²) in [6, 6.07) is 3.58. The third kappa shape index (κ3) is 1.14. The second kappa shape index (κ2) is 2.50. The summed E-state index contributed by atoms with van der Waals surface area (Å²) in [6.07, 6.45) is 1.63. The molecule has 0 radical (unpaired) electrons. The molecule has 0 unspecified atom stereocenters. The molecule has 0 aliphatic carbocycles. The lowest BCUT2D eigenvalue weighted by molar-refractivity contribution is 0.455. The van der Waals surface area contributed by atoms with Crippen molar-refractivity contribution in [2.45, 2.75) is 0 Å². The topological polar surface area (TPSA) is 26.0 Å². The fourth-order valence-corrected chi connectivity index (χ4v) is 1.81. The Balaban J connectivity index is 2.91. The van der Waals surface area contributed by atoms with Gasteiger partial charge in [-0.15, -0.1) is 0 Å². The Hall–Kier alpha value is -0.540. The fourth-order valence-electron chi connectivity index (χ4n) is 0.908. The van der Waals surface area contributed by atoms with E-state index >= 15 is 0 Å². The van der Waals surface area contributed by atoms with Crippen LogP contribution < -0.4 is 0 Å². The number of hydrogen-bond acceptors (Lipinski definition) is 2. The van der Waals surface area contributed by atoms with Crippen molar-refractivity contribution in [2.24, 2.45) is 0 Å². The van der Waals surface area contributed by atoms with Gasteiger partial charge >= 0.3 is 0 Å². The molecule has 0 bridgehead atoms. The number of aromatic nitrogens is 1. The maximum Gasteiger partial charge on any atom is 0.181 e. The summed E-state index contributed by atoms with van der Waals surface area (Å²) >= 11 is 9.09. The monoisotopic (exact) mass is 231 g/mol. The lowest BCUT2D eigenvalue weighted by atomic mass is 10.3.